The molecule has 1 aromatic rings. The molecule has 0 N–H and O–H groups in total. The Hall–Kier alpha value is -2.15. The molecular weight excluding hydrogens is 349 g/mol. The molecule has 3 heterocycles. The molecule has 1 atom stereocenters. The van der Waals surface area contributed by atoms with E-state index in [9.17, 15) is 14.0 Å². The topological polar surface area (TPSA) is 53.1 Å². The summed E-state index contributed by atoms with van der Waals surface area (Å²) in [5.41, 5.74) is 1.61. The summed E-state index contributed by atoms with van der Waals surface area (Å²) >= 11 is 0. The number of hydrogen-bond donors (Lipinski definition) is 0. The van der Waals surface area contributed by atoms with Crippen molar-refractivity contribution in [3.8, 4) is 0 Å². The first-order valence-electron chi connectivity index (χ1n) is 9.60. The van der Waals surface area contributed by atoms with Gasteiger partial charge in [-0.15, -0.1) is 0 Å². The van der Waals surface area contributed by atoms with E-state index in [1.165, 1.54) is 19.2 Å². The number of likely N-dealkylation sites (tertiary alicyclic amines) is 2. The maximum absolute atomic E-state index is 13.5. The lowest BCUT2D eigenvalue weighted by molar-refractivity contribution is -0.118. The van der Waals surface area contributed by atoms with Crippen LogP contribution in [0, 0.1) is 5.82 Å². The molecule has 1 unspecified atom stereocenters. The Morgan fingerprint density at radius 3 is 2.70 bits per heavy atom. The van der Waals surface area contributed by atoms with Crippen molar-refractivity contribution in [3.63, 3.8) is 0 Å². The van der Waals surface area contributed by atoms with Crippen molar-refractivity contribution in [1.29, 1.82) is 0 Å². The minimum absolute atomic E-state index is 0.0464. The monoisotopic (exact) mass is 375 g/mol. The third kappa shape index (κ3) is 3.18. The first kappa shape index (κ1) is 18.2. The minimum atomic E-state index is -0.289. The molecule has 2 saturated heterocycles. The highest BCUT2D eigenvalue weighted by atomic mass is 19.1. The number of benzene rings is 1. The van der Waals surface area contributed by atoms with Gasteiger partial charge in [0.15, 0.2) is 0 Å². The molecule has 0 radical (unpaired) electrons. The first-order valence-corrected chi connectivity index (χ1v) is 9.60. The Balaban J connectivity index is 1.41. The second kappa shape index (κ2) is 6.78. The predicted molar refractivity (Wildman–Crippen MR) is 99.2 cm³/mol. The zero-order chi connectivity index (χ0) is 19.2. The summed E-state index contributed by atoms with van der Waals surface area (Å²) in [6.45, 7) is 5.37. The van der Waals surface area contributed by atoms with Crippen LogP contribution in [-0.2, 0) is 16.0 Å². The van der Waals surface area contributed by atoms with Crippen molar-refractivity contribution >= 4 is 17.7 Å². The summed E-state index contributed by atoms with van der Waals surface area (Å²) in [6, 6.07) is 4.79. The molecule has 7 heteroatoms. The van der Waals surface area contributed by atoms with E-state index < -0.39 is 0 Å². The highest BCUT2D eigenvalue weighted by Crippen LogP contribution is 2.36. The molecule has 146 valence electrons. The standard InChI is InChI=1S/C20H26FN3O3/c1-20(7-10-22(13-20)19(26)27-2)23-8-5-16(6-9-23)24-17-4-3-15(21)11-14(17)12-18(24)25/h3-4,11,16H,5-10,12-13H2,1-2H3. The van der Waals surface area contributed by atoms with Crippen LogP contribution >= 0.6 is 0 Å². The number of ether oxygens (including phenoxy) is 1. The second-order valence-electron chi connectivity index (χ2n) is 8.07. The number of carbonyl (C=O) groups excluding carboxylic acids is 2. The Morgan fingerprint density at radius 2 is 2.00 bits per heavy atom. The fraction of sp³-hybridized carbons (Fsp3) is 0.600. The fourth-order valence-corrected chi connectivity index (χ4v) is 4.87. The fourth-order valence-electron chi connectivity index (χ4n) is 4.87. The zero-order valence-corrected chi connectivity index (χ0v) is 15.9. The normalized spacial score (nSPS) is 26.6. The quantitative estimate of drug-likeness (QED) is 0.797. The summed E-state index contributed by atoms with van der Waals surface area (Å²) in [6.07, 6.45) is 2.73. The maximum Gasteiger partial charge on any atom is 0.409 e. The zero-order valence-electron chi connectivity index (χ0n) is 15.9. The van der Waals surface area contributed by atoms with Crippen molar-refractivity contribution in [1.82, 2.24) is 9.80 Å². The number of anilines is 1. The molecule has 0 bridgehead atoms. The summed E-state index contributed by atoms with van der Waals surface area (Å²) < 4.78 is 18.3. The molecule has 0 aromatic heterocycles. The van der Waals surface area contributed by atoms with Gasteiger partial charge in [0.25, 0.3) is 0 Å². The van der Waals surface area contributed by atoms with Crippen LogP contribution in [0.1, 0.15) is 31.7 Å². The van der Waals surface area contributed by atoms with Gasteiger partial charge in [-0.05, 0) is 49.9 Å². The number of carbonyl (C=O) groups is 2. The van der Waals surface area contributed by atoms with E-state index in [4.69, 9.17) is 4.74 Å². The smallest absolute Gasteiger partial charge is 0.409 e. The van der Waals surface area contributed by atoms with Gasteiger partial charge in [0, 0.05) is 43.4 Å². The number of nitrogens with zero attached hydrogens (tertiary/aromatic N) is 3. The average molecular weight is 375 g/mol. The van der Waals surface area contributed by atoms with Crippen LogP contribution in [0.4, 0.5) is 14.9 Å². The third-order valence-corrected chi connectivity index (χ3v) is 6.39. The van der Waals surface area contributed by atoms with E-state index in [-0.39, 0.29) is 29.4 Å². The Kier molecular flexibility index (Phi) is 4.58. The molecule has 6 nitrogen and oxygen atoms in total. The third-order valence-electron chi connectivity index (χ3n) is 6.39. The van der Waals surface area contributed by atoms with E-state index in [1.54, 1.807) is 11.0 Å². The van der Waals surface area contributed by atoms with E-state index >= 15 is 0 Å². The van der Waals surface area contributed by atoms with Gasteiger partial charge in [0.2, 0.25) is 5.91 Å². The largest absolute Gasteiger partial charge is 0.453 e. The van der Waals surface area contributed by atoms with Gasteiger partial charge in [-0.3, -0.25) is 9.69 Å². The number of rotatable bonds is 2. The van der Waals surface area contributed by atoms with E-state index in [1.807, 2.05) is 4.90 Å². The molecule has 1 aromatic carbocycles. The highest BCUT2D eigenvalue weighted by Gasteiger charge is 2.43. The summed E-state index contributed by atoms with van der Waals surface area (Å²) in [4.78, 5) is 30.4. The van der Waals surface area contributed by atoms with Gasteiger partial charge >= 0.3 is 6.09 Å². The van der Waals surface area contributed by atoms with Crippen molar-refractivity contribution < 1.29 is 18.7 Å². The number of halogens is 1. The Morgan fingerprint density at radius 1 is 1.26 bits per heavy atom. The maximum atomic E-state index is 13.5. The molecule has 27 heavy (non-hydrogen) atoms. The van der Waals surface area contributed by atoms with Gasteiger partial charge in [-0.25, -0.2) is 9.18 Å². The lowest BCUT2D eigenvalue weighted by atomic mass is 9.93. The lowest BCUT2D eigenvalue weighted by Gasteiger charge is -2.44. The molecule has 2 amide bonds. The number of methoxy groups -OCH3 is 1. The van der Waals surface area contributed by atoms with Crippen LogP contribution in [-0.4, -0.2) is 66.7 Å². The van der Waals surface area contributed by atoms with Crippen LogP contribution < -0.4 is 4.90 Å². The number of fused-ring (bicyclic) bond motifs is 1. The van der Waals surface area contributed by atoms with Gasteiger partial charge in [-0.1, -0.05) is 0 Å². The molecular formula is C20H26FN3O3. The van der Waals surface area contributed by atoms with Crippen molar-refractivity contribution in [2.45, 2.75) is 44.2 Å². The number of amides is 2. The highest BCUT2D eigenvalue weighted by molar-refractivity contribution is 6.01. The van der Waals surface area contributed by atoms with Crippen molar-refractivity contribution in [2.24, 2.45) is 0 Å². The summed E-state index contributed by atoms with van der Waals surface area (Å²) in [5, 5.41) is 0. The predicted octanol–water partition coefficient (Wildman–Crippen LogP) is 2.41. The van der Waals surface area contributed by atoms with Crippen LogP contribution in [0.5, 0.6) is 0 Å². The molecule has 0 aliphatic carbocycles. The van der Waals surface area contributed by atoms with Crippen LogP contribution in [0.3, 0.4) is 0 Å². The van der Waals surface area contributed by atoms with Crippen LogP contribution in [0.15, 0.2) is 18.2 Å². The molecule has 0 spiro atoms. The van der Waals surface area contributed by atoms with E-state index in [2.05, 4.69) is 11.8 Å². The van der Waals surface area contributed by atoms with E-state index in [0.717, 1.165) is 43.6 Å². The molecule has 0 saturated carbocycles. The molecule has 3 aliphatic heterocycles. The van der Waals surface area contributed by atoms with Crippen molar-refractivity contribution in [3.05, 3.63) is 29.6 Å². The number of piperidine rings is 1. The van der Waals surface area contributed by atoms with E-state index in [0.29, 0.717) is 19.5 Å². The van der Waals surface area contributed by atoms with Crippen LogP contribution in [0.2, 0.25) is 0 Å². The minimum Gasteiger partial charge on any atom is -0.453 e. The van der Waals surface area contributed by atoms with Crippen LogP contribution in [0.25, 0.3) is 0 Å². The SMILES string of the molecule is COC(=O)N1CCC(C)(N2CCC(N3C(=O)Cc4cc(F)ccc43)CC2)C1. The van der Waals surface area contributed by atoms with Gasteiger partial charge < -0.3 is 14.5 Å². The average Bonchev–Trinajstić information content (AvgIpc) is 3.21. The number of hydrogen-bond acceptors (Lipinski definition) is 4. The molecule has 4 rings (SSSR count). The van der Waals surface area contributed by atoms with Crippen molar-refractivity contribution in [2.75, 3.05) is 38.2 Å². The Labute approximate surface area is 158 Å². The van der Waals surface area contributed by atoms with Gasteiger partial charge in [0.05, 0.1) is 13.5 Å². The summed E-state index contributed by atoms with van der Waals surface area (Å²) in [7, 11) is 1.42. The van der Waals surface area contributed by atoms with Gasteiger partial charge in [0.1, 0.15) is 5.82 Å². The first-order chi connectivity index (χ1) is 12.9. The molecule has 3 aliphatic rings. The van der Waals surface area contributed by atoms with Gasteiger partial charge in [-0.2, -0.15) is 0 Å². The Bertz CT molecular complexity index is 763. The summed E-state index contributed by atoms with van der Waals surface area (Å²) in [5.74, 6) is -0.222. The lowest BCUT2D eigenvalue weighted by Crippen LogP contribution is -2.55. The second-order valence-corrected chi connectivity index (χ2v) is 8.07. The molecule has 2 fully saturated rings.